The number of piperidine rings is 1. The Balaban J connectivity index is 1.27. The second-order valence-corrected chi connectivity index (χ2v) is 12.2. The minimum atomic E-state index is -0.601. The van der Waals surface area contributed by atoms with Gasteiger partial charge in [0.2, 0.25) is 0 Å². The number of nitrogens with two attached hydrogens (primary N) is 1. The van der Waals surface area contributed by atoms with Gasteiger partial charge >= 0.3 is 6.09 Å². The van der Waals surface area contributed by atoms with Crippen molar-refractivity contribution < 1.29 is 14.3 Å². The van der Waals surface area contributed by atoms with E-state index in [2.05, 4.69) is 31.6 Å². The van der Waals surface area contributed by atoms with Crippen LogP contribution in [0, 0.1) is 5.92 Å². The average Bonchev–Trinajstić information content (AvgIpc) is 3.56. The molecule has 3 N–H and O–H groups in total. The van der Waals surface area contributed by atoms with E-state index in [-0.39, 0.29) is 18.0 Å². The van der Waals surface area contributed by atoms with E-state index in [0.29, 0.717) is 31.0 Å². The number of benzene rings is 1. The average molecular weight is 544 g/mol. The van der Waals surface area contributed by atoms with Crippen molar-refractivity contribution in [2.24, 2.45) is 18.7 Å². The van der Waals surface area contributed by atoms with Crippen LogP contribution in [-0.4, -0.2) is 66.8 Å². The van der Waals surface area contributed by atoms with Crippen molar-refractivity contribution >= 4 is 34.1 Å². The molecule has 1 aliphatic heterocycles. The maximum Gasteiger partial charge on any atom is 0.407 e. The number of hydrogen-bond acceptors (Lipinski definition) is 6. The summed E-state index contributed by atoms with van der Waals surface area (Å²) in [6, 6.07) is 11.3. The fourth-order valence-electron chi connectivity index (χ4n) is 5.64. The number of carbonyl (C=O) groups excluding carboxylic acids is 2. The number of hydrogen-bond donors (Lipinski definition) is 2. The highest BCUT2D eigenvalue weighted by Gasteiger charge is 2.31. The molecule has 1 saturated carbocycles. The Morgan fingerprint density at radius 2 is 1.95 bits per heavy atom. The molecule has 6 rings (SSSR count). The van der Waals surface area contributed by atoms with Gasteiger partial charge in [-0.3, -0.25) is 4.79 Å². The van der Waals surface area contributed by atoms with E-state index in [1.165, 1.54) is 12.8 Å². The molecule has 10 nitrogen and oxygen atoms in total. The summed E-state index contributed by atoms with van der Waals surface area (Å²) in [4.78, 5) is 37.3. The molecule has 0 bridgehead atoms. The van der Waals surface area contributed by atoms with Gasteiger partial charge < -0.3 is 29.8 Å². The number of imidazole rings is 1. The first-order chi connectivity index (χ1) is 19.1. The highest BCUT2D eigenvalue weighted by molar-refractivity contribution is 5.98. The maximum absolute atomic E-state index is 13.6. The number of nitrogens with zero attached hydrogens (tertiary/aromatic N) is 5. The van der Waals surface area contributed by atoms with Crippen LogP contribution in [0.15, 0.2) is 42.6 Å². The smallest absolute Gasteiger partial charge is 0.407 e. The lowest BCUT2D eigenvalue weighted by Crippen LogP contribution is -2.56. The zero-order chi connectivity index (χ0) is 28.2. The molecule has 2 amide bonds. The monoisotopic (exact) mass is 543 g/mol. The summed E-state index contributed by atoms with van der Waals surface area (Å²) >= 11 is 0. The van der Waals surface area contributed by atoms with Gasteiger partial charge in [-0.15, -0.1) is 0 Å². The van der Waals surface area contributed by atoms with E-state index in [1.54, 1.807) is 4.90 Å². The van der Waals surface area contributed by atoms with Gasteiger partial charge in [0.15, 0.2) is 5.82 Å². The molecule has 2 aliphatic rings. The van der Waals surface area contributed by atoms with Crippen LogP contribution in [0.5, 0.6) is 0 Å². The minimum Gasteiger partial charge on any atom is -0.444 e. The standard InChI is InChI=1S/C30H37N7O3/c1-30(2,3)40-29(39)33-22-14-21(31)16-36(17-22)28(38)20-9-10-24-23(12-20)34-27(35(24)4)25-13-19-6-5-11-32-26(19)37(25)15-18-7-8-18/h5-6,9-13,18,21-22H,7-8,14-17,31H2,1-4H3,(H,33,39)/t21-,22+/m0/s1. The molecule has 2 atom stereocenters. The van der Waals surface area contributed by atoms with E-state index >= 15 is 0 Å². The lowest BCUT2D eigenvalue weighted by Gasteiger charge is -2.36. The molecule has 10 heteroatoms. The number of fused-ring (bicyclic) bond motifs is 2. The third kappa shape index (κ3) is 5.28. The second-order valence-electron chi connectivity index (χ2n) is 12.2. The number of likely N-dealkylation sites (tertiary alicyclic amines) is 1. The Morgan fingerprint density at radius 3 is 2.70 bits per heavy atom. The number of nitrogens with one attached hydrogen (secondary N) is 1. The predicted octanol–water partition coefficient (Wildman–Crippen LogP) is 4.07. The second kappa shape index (κ2) is 9.92. The molecule has 1 saturated heterocycles. The first-order valence-electron chi connectivity index (χ1n) is 14.0. The SMILES string of the molecule is Cn1c(-c2cc3cccnc3n2CC2CC2)nc2cc(C(=O)N3C[C@@H](N)C[C@@H](NC(=O)OC(C)(C)C)C3)ccc21. The highest BCUT2D eigenvalue weighted by atomic mass is 16.6. The van der Waals surface area contributed by atoms with Gasteiger partial charge in [0.1, 0.15) is 11.2 Å². The van der Waals surface area contributed by atoms with Crippen LogP contribution in [-0.2, 0) is 18.3 Å². The predicted molar refractivity (Wildman–Crippen MR) is 154 cm³/mol. The van der Waals surface area contributed by atoms with Crippen LogP contribution < -0.4 is 11.1 Å². The Labute approximate surface area is 233 Å². The Morgan fingerprint density at radius 1 is 1.15 bits per heavy atom. The zero-order valence-electron chi connectivity index (χ0n) is 23.6. The molecule has 210 valence electrons. The number of ether oxygens (including phenoxy) is 1. The number of aryl methyl sites for hydroxylation is 1. The van der Waals surface area contributed by atoms with Gasteiger partial charge in [0, 0.05) is 49.9 Å². The summed E-state index contributed by atoms with van der Waals surface area (Å²) in [5.41, 5.74) is 9.94. The first-order valence-corrected chi connectivity index (χ1v) is 14.0. The summed E-state index contributed by atoms with van der Waals surface area (Å²) in [5.74, 6) is 1.40. The van der Waals surface area contributed by atoms with Crippen molar-refractivity contribution in [3.63, 3.8) is 0 Å². The molecular weight excluding hydrogens is 506 g/mol. The Bertz CT molecular complexity index is 1590. The summed E-state index contributed by atoms with van der Waals surface area (Å²) in [6.45, 7) is 7.17. The quantitative estimate of drug-likeness (QED) is 0.392. The molecule has 2 fully saturated rings. The highest BCUT2D eigenvalue weighted by Crippen LogP contribution is 2.36. The first kappa shape index (κ1) is 26.3. The third-order valence-corrected chi connectivity index (χ3v) is 7.64. The van der Waals surface area contributed by atoms with E-state index < -0.39 is 11.7 Å². The fraction of sp³-hybridized carbons (Fsp3) is 0.467. The number of amides is 2. The lowest BCUT2D eigenvalue weighted by atomic mass is 10.0. The number of carbonyl (C=O) groups is 2. The topological polar surface area (TPSA) is 120 Å². The van der Waals surface area contributed by atoms with Gasteiger partial charge in [-0.05, 0) is 82.3 Å². The van der Waals surface area contributed by atoms with Crippen LogP contribution in [0.4, 0.5) is 4.79 Å². The number of pyridine rings is 1. The van der Waals surface area contributed by atoms with Gasteiger partial charge in [-0.1, -0.05) is 0 Å². The van der Waals surface area contributed by atoms with Crippen molar-refractivity contribution in [3.8, 4) is 11.5 Å². The van der Waals surface area contributed by atoms with Crippen molar-refractivity contribution in [3.05, 3.63) is 48.2 Å². The summed E-state index contributed by atoms with van der Waals surface area (Å²) in [5, 5.41) is 3.97. The fourth-order valence-corrected chi connectivity index (χ4v) is 5.64. The summed E-state index contributed by atoms with van der Waals surface area (Å²) < 4.78 is 9.76. The summed E-state index contributed by atoms with van der Waals surface area (Å²) in [6.07, 6.45) is 4.40. The summed E-state index contributed by atoms with van der Waals surface area (Å²) in [7, 11) is 2.01. The van der Waals surface area contributed by atoms with Crippen LogP contribution in [0.2, 0.25) is 0 Å². The van der Waals surface area contributed by atoms with Crippen molar-refractivity contribution in [2.75, 3.05) is 13.1 Å². The molecule has 0 radical (unpaired) electrons. The van der Waals surface area contributed by atoms with Gasteiger partial charge in [-0.2, -0.15) is 0 Å². The minimum absolute atomic E-state index is 0.132. The molecule has 4 heterocycles. The van der Waals surface area contributed by atoms with Crippen LogP contribution in [0.25, 0.3) is 33.6 Å². The number of aromatic nitrogens is 4. The molecular formula is C30H37N7O3. The third-order valence-electron chi connectivity index (χ3n) is 7.64. The van der Waals surface area contributed by atoms with Gasteiger partial charge in [-0.25, -0.2) is 14.8 Å². The zero-order valence-corrected chi connectivity index (χ0v) is 23.6. The van der Waals surface area contributed by atoms with Crippen LogP contribution in [0.1, 0.15) is 50.4 Å². The van der Waals surface area contributed by atoms with Gasteiger partial charge in [0.25, 0.3) is 5.91 Å². The van der Waals surface area contributed by atoms with E-state index in [0.717, 1.165) is 40.1 Å². The Hall–Kier alpha value is -3.92. The van der Waals surface area contributed by atoms with Crippen molar-refractivity contribution in [1.29, 1.82) is 0 Å². The molecule has 40 heavy (non-hydrogen) atoms. The largest absolute Gasteiger partial charge is 0.444 e. The van der Waals surface area contributed by atoms with Crippen molar-refractivity contribution in [1.82, 2.24) is 29.3 Å². The van der Waals surface area contributed by atoms with E-state index in [1.807, 2.05) is 58.3 Å². The molecule has 0 unspecified atom stereocenters. The lowest BCUT2D eigenvalue weighted by molar-refractivity contribution is 0.0443. The van der Waals surface area contributed by atoms with E-state index in [9.17, 15) is 9.59 Å². The van der Waals surface area contributed by atoms with Crippen LogP contribution in [0.3, 0.4) is 0 Å². The van der Waals surface area contributed by atoms with Crippen molar-refractivity contribution in [2.45, 2.75) is 64.3 Å². The van der Waals surface area contributed by atoms with Crippen LogP contribution >= 0.6 is 0 Å². The number of rotatable bonds is 5. The Kier molecular flexibility index (Phi) is 6.53. The molecule has 3 aromatic heterocycles. The molecule has 1 aliphatic carbocycles. The maximum atomic E-state index is 13.6. The van der Waals surface area contributed by atoms with Gasteiger partial charge in [0.05, 0.1) is 22.8 Å². The molecule has 1 aromatic carbocycles. The normalized spacial score (nSPS) is 19.8. The number of alkyl carbamates (subject to hydrolysis) is 1. The molecule has 0 spiro atoms. The van der Waals surface area contributed by atoms with E-state index in [4.69, 9.17) is 15.5 Å². The molecule has 4 aromatic rings.